The maximum absolute atomic E-state index is 5.45. The summed E-state index contributed by atoms with van der Waals surface area (Å²) in [7, 11) is 0. The Bertz CT molecular complexity index is 90.1. The summed E-state index contributed by atoms with van der Waals surface area (Å²) in [4.78, 5) is 0. The third-order valence-corrected chi connectivity index (χ3v) is 3.76. The Kier molecular flexibility index (Phi) is 12.5. The monoisotopic (exact) mass is 312 g/mol. The van der Waals surface area contributed by atoms with Crippen LogP contribution in [0.2, 0.25) is 0 Å². The minimum atomic E-state index is -2.11. The Morgan fingerprint density at radius 3 is 1.23 bits per heavy atom. The van der Waals surface area contributed by atoms with E-state index in [1.807, 2.05) is 0 Å². The molecule has 0 unspecified atom stereocenters. The van der Waals surface area contributed by atoms with Crippen LogP contribution in [0.4, 0.5) is 0 Å². The van der Waals surface area contributed by atoms with Crippen LogP contribution in [-0.4, -0.2) is 53.1 Å². The number of hydrogen-bond acceptors (Lipinski definition) is 3. The summed E-state index contributed by atoms with van der Waals surface area (Å²) in [6.07, 6.45) is 0. The first-order chi connectivity index (χ1) is 6.35. The van der Waals surface area contributed by atoms with Crippen molar-refractivity contribution in [2.45, 2.75) is 0 Å². The van der Waals surface area contributed by atoms with Crippen LogP contribution in [-0.2, 0) is 11.2 Å². The van der Waals surface area contributed by atoms with Gasteiger partial charge in [0.15, 0.2) is 0 Å². The minimum absolute atomic E-state index is 0.430. The second-order valence-corrected chi connectivity index (χ2v) is 5.49. The number of hydrogen-bond donors (Lipinski definition) is 0. The van der Waals surface area contributed by atoms with Crippen LogP contribution in [0.15, 0.2) is 0 Å². The van der Waals surface area contributed by atoms with Crippen LogP contribution in [0, 0.1) is 0 Å². The SMILES string of the molecule is ClCCO[As](OCCCl)OCCCl. The molecule has 0 aromatic heterocycles. The van der Waals surface area contributed by atoms with E-state index < -0.39 is 15.7 Å². The second kappa shape index (κ2) is 11.4. The van der Waals surface area contributed by atoms with Gasteiger partial charge in [-0.05, 0) is 0 Å². The molecule has 0 amide bonds. The van der Waals surface area contributed by atoms with Crippen molar-refractivity contribution in [3.63, 3.8) is 0 Å². The normalized spacial score (nSPS) is 11.1. The summed E-state index contributed by atoms with van der Waals surface area (Å²) in [5.74, 6) is 1.29. The van der Waals surface area contributed by atoms with E-state index in [1.54, 1.807) is 0 Å². The van der Waals surface area contributed by atoms with E-state index in [0.717, 1.165) is 0 Å². The van der Waals surface area contributed by atoms with Crippen molar-refractivity contribution >= 4 is 50.5 Å². The van der Waals surface area contributed by atoms with Crippen molar-refractivity contribution in [2.75, 3.05) is 37.5 Å². The third-order valence-electron chi connectivity index (χ3n) is 0.822. The van der Waals surface area contributed by atoms with E-state index in [9.17, 15) is 0 Å². The first-order valence-electron chi connectivity index (χ1n) is 3.72. The van der Waals surface area contributed by atoms with E-state index in [0.29, 0.717) is 37.5 Å². The van der Waals surface area contributed by atoms with Gasteiger partial charge in [0, 0.05) is 0 Å². The van der Waals surface area contributed by atoms with Crippen LogP contribution < -0.4 is 0 Å². The van der Waals surface area contributed by atoms with Crippen molar-refractivity contribution in [1.29, 1.82) is 0 Å². The van der Waals surface area contributed by atoms with Crippen LogP contribution in [0.25, 0.3) is 0 Å². The molecule has 13 heavy (non-hydrogen) atoms. The van der Waals surface area contributed by atoms with Gasteiger partial charge >= 0.3 is 99.1 Å². The molecule has 0 spiro atoms. The van der Waals surface area contributed by atoms with Crippen LogP contribution >= 0.6 is 34.8 Å². The Morgan fingerprint density at radius 2 is 1.00 bits per heavy atom. The summed E-state index contributed by atoms with van der Waals surface area (Å²) in [6.45, 7) is 1.31. The standard InChI is InChI=1S/C6H12AsCl3O3/c8-1-4-11-7(12-5-2-9)13-6-3-10/h1-6H2. The average molecular weight is 313 g/mol. The van der Waals surface area contributed by atoms with E-state index in [4.69, 9.17) is 46.0 Å². The van der Waals surface area contributed by atoms with Gasteiger partial charge in [0.25, 0.3) is 0 Å². The molecule has 3 nitrogen and oxygen atoms in total. The second-order valence-electron chi connectivity index (χ2n) is 1.79. The van der Waals surface area contributed by atoms with E-state index >= 15 is 0 Å². The Morgan fingerprint density at radius 1 is 0.692 bits per heavy atom. The number of rotatable bonds is 9. The quantitative estimate of drug-likeness (QED) is 0.479. The molecule has 0 aliphatic heterocycles. The van der Waals surface area contributed by atoms with Gasteiger partial charge in [-0.15, -0.1) is 0 Å². The zero-order chi connectivity index (χ0) is 9.94. The van der Waals surface area contributed by atoms with E-state index in [2.05, 4.69) is 0 Å². The zero-order valence-corrected chi connectivity index (χ0v) is 11.2. The van der Waals surface area contributed by atoms with Crippen molar-refractivity contribution in [2.24, 2.45) is 0 Å². The van der Waals surface area contributed by atoms with Gasteiger partial charge in [0.2, 0.25) is 0 Å². The summed E-state index contributed by atoms with van der Waals surface area (Å²) < 4.78 is 15.7. The van der Waals surface area contributed by atoms with E-state index in [-0.39, 0.29) is 0 Å². The molecule has 7 heteroatoms. The van der Waals surface area contributed by atoms with Crippen molar-refractivity contribution in [1.82, 2.24) is 0 Å². The molecule has 0 aromatic carbocycles. The number of alkyl halides is 3. The molecule has 0 aromatic rings. The van der Waals surface area contributed by atoms with Gasteiger partial charge in [0.05, 0.1) is 0 Å². The molecular formula is C6H12AsCl3O3. The molecule has 0 rings (SSSR count). The summed E-state index contributed by atoms with van der Waals surface area (Å²) in [6, 6.07) is 0. The van der Waals surface area contributed by atoms with Gasteiger partial charge < -0.3 is 0 Å². The Labute approximate surface area is 98.9 Å². The van der Waals surface area contributed by atoms with Gasteiger partial charge in [0.1, 0.15) is 0 Å². The predicted octanol–water partition coefficient (Wildman–Crippen LogP) is 1.74. The summed E-state index contributed by atoms with van der Waals surface area (Å²) in [5.41, 5.74) is 0. The molecule has 0 aliphatic rings. The van der Waals surface area contributed by atoms with Crippen LogP contribution in [0.5, 0.6) is 0 Å². The maximum atomic E-state index is 5.45. The predicted molar refractivity (Wildman–Crippen MR) is 55.8 cm³/mol. The topological polar surface area (TPSA) is 27.7 Å². The van der Waals surface area contributed by atoms with E-state index in [1.165, 1.54) is 0 Å². The Hall–Kier alpha value is 1.31. The van der Waals surface area contributed by atoms with Crippen molar-refractivity contribution in [3.8, 4) is 0 Å². The molecule has 0 N–H and O–H groups in total. The molecule has 0 aliphatic carbocycles. The molecular weight excluding hydrogens is 301 g/mol. The fourth-order valence-corrected chi connectivity index (χ4v) is 3.36. The third kappa shape index (κ3) is 9.61. The fraction of sp³-hybridized carbons (Fsp3) is 1.00. The number of halogens is 3. The first kappa shape index (κ1) is 14.3. The van der Waals surface area contributed by atoms with Crippen molar-refractivity contribution < 1.29 is 11.2 Å². The van der Waals surface area contributed by atoms with Crippen LogP contribution in [0.3, 0.4) is 0 Å². The fourth-order valence-electron chi connectivity index (χ4n) is 0.439. The molecule has 0 heterocycles. The zero-order valence-electron chi connectivity index (χ0n) is 7.05. The van der Waals surface area contributed by atoms with Gasteiger partial charge in [-0.3, -0.25) is 0 Å². The molecule has 0 saturated heterocycles. The molecule has 0 radical (unpaired) electrons. The van der Waals surface area contributed by atoms with Crippen molar-refractivity contribution in [3.05, 3.63) is 0 Å². The van der Waals surface area contributed by atoms with Crippen LogP contribution in [0.1, 0.15) is 0 Å². The summed E-state index contributed by atoms with van der Waals surface area (Å²) >= 11 is 14.2. The van der Waals surface area contributed by atoms with Gasteiger partial charge in [-0.1, -0.05) is 0 Å². The molecule has 0 fully saturated rings. The average Bonchev–Trinajstić information content (AvgIpc) is 2.17. The first-order valence-corrected chi connectivity index (χ1v) is 7.62. The molecule has 0 saturated carbocycles. The summed E-state index contributed by atoms with van der Waals surface area (Å²) in [5, 5.41) is 0. The molecule has 0 atom stereocenters. The van der Waals surface area contributed by atoms with Gasteiger partial charge in [-0.25, -0.2) is 0 Å². The molecule has 80 valence electrons. The Balaban J connectivity index is 3.47. The van der Waals surface area contributed by atoms with Gasteiger partial charge in [-0.2, -0.15) is 0 Å². The molecule has 0 bridgehead atoms.